The topological polar surface area (TPSA) is 50.4 Å². The summed E-state index contributed by atoms with van der Waals surface area (Å²) in [7, 11) is 0. The molecule has 0 atom stereocenters. The first-order valence-electron chi connectivity index (χ1n) is 7.23. The standard InChI is InChI=1S/C15H20F2N2O2/c16-11-3-4-14(13(17)10-11)21-9-1-2-15(20)19-12-5-7-18-8-6-12/h3-4,10,12,18H,1-2,5-9H2,(H,19,20). The molecule has 0 radical (unpaired) electrons. The summed E-state index contributed by atoms with van der Waals surface area (Å²) in [6.45, 7) is 2.08. The average molecular weight is 298 g/mol. The summed E-state index contributed by atoms with van der Waals surface area (Å²) >= 11 is 0. The molecule has 0 aromatic heterocycles. The van der Waals surface area contributed by atoms with Crippen molar-refractivity contribution >= 4 is 5.91 Å². The molecule has 2 N–H and O–H groups in total. The fourth-order valence-corrected chi connectivity index (χ4v) is 2.27. The molecule has 1 aromatic rings. The number of benzene rings is 1. The van der Waals surface area contributed by atoms with E-state index >= 15 is 0 Å². The number of hydrogen-bond donors (Lipinski definition) is 2. The second-order valence-electron chi connectivity index (χ2n) is 5.12. The number of rotatable bonds is 6. The maximum absolute atomic E-state index is 13.3. The first-order valence-corrected chi connectivity index (χ1v) is 7.23. The minimum absolute atomic E-state index is 0.00919. The molecule has 1 aromatic carbocycles. The number of ether oxygens (including phenoxy) is 1. The molecule has 4 nitrogen and oxygen atoms in total. The van der Waals surface area contributed by atoms with Crippen LogP contribution in [-0.2, 0) is 4.79 Å². The zero-order valence-corrected chi connectivity index (χ0v) is 11.8. The highest BCUT2D eigenvalue weighted by molar-refractivity contribution is 5.76. The lowest BCUT2D eigenvalue weighted by atomic mass is 10.1. The Balaban J connectivity index is 1.63. The van der Waals surface area contributed by atoms with E-state index in [0.29, 0.717) is 12.8 Å². The van der Waals surface area contributed by atoms with Gasteiger partial charge in [0.05, 0.1) is 6.61 Å². The number of hydrogen-bond acceptors (Lipinski definition) is 3. The van der Waals surface area contributed by atoms with Crippen LogP contribution in [0.25, 0.3) is 0 Å². The summed E-state index contributed by atoms with van der Waals surface area (Å²) in [4.78, 5) is 11.7. The third-order valence-corrected chi connectivity index (χ3v) is 3.40. The first kappa shape index (κ1) is 15.7. The molecule has 0 aliphatic carbocycles. The van der Waals surface area contributed by atoms with Gasteiger partial charge < -0.3 is 15.4 Å². The van der Waals surface area contributed by atoms with Crippen molar-refractivity contribution in [3.8, 4) is 5.75 Å². The number of carbonyl (C=O) groups excluding carboxylic acids is 1. The Hall–Kier alpha value is -1.69. The van der Waals surface area contributed by atoms with Crippen molar-refractivity contribution in [2.75, 3.05) is 19.7 Å². The van der Waals surface area contributed by atoms with E-state index in [1.807, 2.05) is 0 Å². The summed E-state index contributed by atoms with van der Waals surface area (Å²) in [6, 6.07) is 3.41. The van der Waals surface area contributed by atoms with Crippen molar-refractivity contribution in [3.05, 3.63) is 29.8 Å². The summed E-state index contributed by atoms with van der Waals surface area (Å²) in [5, 5.41) is 6.21. The van der Waals surface area contributed by atoms with Crippen molar-refractivity contribution in [1.82, 2.24) is 10.6 Å². The number of nitrogens with one attached hydrogen (secondary N) is 2. The summed E-state index contributed by atoms with van der Waals surface area (Å²) in [6.07, 6.45) is 2.73. The van der Waals surface area contributed by atoms with Gasteiger partial charge in [-0.1, -0.05) is 0 Å². The van der Waals surface area contributed by atoms with Gasteiger partial charge in [-0.05, 0) is 44.5 Å². The van der Waals surface area contributed by atoms with Crippen LogP contribution in [-0.4, -0.2) is 31.6 Å². The van der Waals surface area contributed by atoms with Crippen LogP contribution in [0.5, 0.6) is 5.75 Å². The molecule has 21 heavy (non-hydrogen) atoms. The molecule has 1 aliphatic heterocycles. The summed E-state index contributed by atoms with van der Waals surface area (Å²) in [5.41, 5.74) is 0. The van der Waals surface area contributed by atoms with E-state index in [1.165, 1.54) is 6.07 Å². The molecule has 1 aliphatic rings. The van der Waals surface area contributed by atoms with Crippen molar-refractivity contribution in [2.45, 2.75) is 31.7 Å². The van der Waals surface area contributed by atoms with Crippen LogP contribution in [0.4, 0.5) is 8.78 Å². The maximum atomic E-state index is 13.3. The monoisotopic (exact) mass is 298 g/mol. The van der Waals surface area contributed by atoms with E-state index in [-0.39, 0.29) is 24.3 Å². The molecule has 6 heteroatoms. The molecule has 1 saturated heterocycles. The Morgan fingerprint density at radius 1 is 1.33 bits per heavy atom. The number of halogens is 2. The van der Waals surface area contributed by atoms with Crippen LogP contribution < -0.4 is 15.4 Å². The Morgan fingerprint density at radius 3 is 2.81 bits per heavy atom. The summed E-state index contributed by atoms with van der Waals surface area (Å²) in [5.74, 6) is -1.37. The van der Waals surface area contributed by atoms with Crippen molar-refractivity contribution < 1.29 is 18.3 Å². The van der Waals surface area contributed by atoms with Crippen LogP contribution in [0, 0.1) is 11.6 Å². The second-order valence-corrected chi connectivity index (χ2v) is 5.12. The molecule has 0 unspecified atom stereocenters. The van der Waals surface area contributed by atoms with Gasteiger partial charge in [0.2, 0.25) is 5.91 Å². The maximum Gasteiger partial charge on any atom is 0.220 e. The Kier molecular flexibility index (Phi) is 5.92. The number of amides is 1. The SMILES string of the molecule is O=C(CCCOc1ccc(F)cc1F)NC1CCNCC1. The molecule has 1 heterocycles. The van der Waals surface area contributed by atoms with Gasteiger partial charge in [-0.25, -0.2) is 8.78 Å². The van der Waals surface area contributed by atoms with Crippen LogP contribution >= 0.6 is 0 Å². The predicted octanol–water partition coefficient (Wildman–Crippen LogP) is 1.99. The van der Waals surface area contributed by atoms with E-state index in [9.17, 15) is 13.6 Å². The van der Waals surface area contributed by atoms with Gasteiger partial charge in [0.25, 0.3) is 0 Å². The van der Waals surface area contributed by atoms with Gasteiger partial charge in [0, 0.05) is 18.5 Å². The van der Waals surface area contributed by atoms with E-state index in [2.05, 4.69) is 10.6 Å². The second kappa shape index (κ2) is 7.93. The minimum atomic E-state index is -0.728. The fraction of sp³-hybridized carbons (Fsp3) is 0.533. The van der Waals surface area contributed by atoms with E-state index in [1.54, 1.807) is 0 Å². The number of piperidine rings is 1. The molecular formula is C15H20F2N2O2. The van der Waals surface area contributed by atoms with Gasteiger partial charge in [0.15, 0.2) is 11.6 Å². The molecule has 116 valence electrons. The Bertz CT molecular complexity index is 477. The van der Waals surface area contributed by atoms with Crippen molar-refractivity contribution in [2.24, 2.45) is 0 Å². The lowest BCUT2D eigenvalue weighted by molar-refractivity contribution is -0.122. The molecule has 0 bridgehead atoms. The highest BCUT2D eigenvalue weighted by atomic mass is 19.1. The smallest absolute Gasteiger partial charge is 0.220 e. The van der Waals surface area contributed by atoms with Crippen LogP contribution in [0.2, 0.25) is 0 Å². The highest BCUT2D eigenvalue weighted by Gasteiger charge is 2.15. The third kappa shape index (κ3) is 5.30. The first-order chi connectivity index (χ1) is 10.1. The van der Waals surface area contributed by atoms with Gasteiger partial charge in [-0.2, -0.15) is 0 Å². The third-order valence-electron chi connectivity index (χ3n) is 3.40. The van der Waals surface area contributed by atoms with Crippen molar-refractivity contribution in [3.63, 3.8) is 0 Å². The molecule has 0 spiro atoms. The lowest BCUT2D eigenvalue weighted by Crippen LogP contribution is -2.42. The molecule has 1 fully saturated rings. The van der Waals surface area contributed by atoms with Crippen LogP contribution in [0.15, 0.2) is 18.2 Å². The average Bonchev–Trinajstić information content (AvgIpc) is 2.46. The Morgan fingerprint density at radius 2 is 2.10 bits per heavy atom. The summed E-state index contributed by atoms with van der Waals surface area (Å²) < 4.78 is 31.2. The largest absolute Gasteiger partial charge is 0.491 e. The zero-order valence-electron chi connectivity index (χ0n) is 11.8. The normalized spacial score (nSPS) is 15.7. The van der Waals surface area contributed by atoms with Gasteiger partial charge in [-0.3, -0.25) is 4.79 Å². The highest BCUT2D eigenvalue weighted by Crippen LogP contribution is 2.17. The predicted molar refractivity (Wildman–Crippen MR) is 75.1 cm³/mol. The van der Waals surface area contributed by atoms with E-state index in [0.717, 1.165) is 38.1 Å². The molecule has 2 rings (SSSR count). The van der Waals surface area contributed by atoms with E-state index in [4.69, 9.17) is 4.74 Å². The lowest BCUT2D eigenvalue weighted by Gasteiger charge is -2.23. The van der Waals surface area contributed by atoms with Gasteiger partial charge in [0.1, 0.15) is 5.82 Å². The van der Waals surface area contributed by atoms with Gasteiger partial charge in [-0.15, -0.1) is 0 Å². The molecular weight excluding hydrogens is 278 g/mol. The molecule has 0 saturated carbocycles. The fourth-order valence-electron chi connectivity index (χ4n) is 2.27. The zero-order chi connectivity index (χ0) is 15.1. The van der Waals surface area contributed by atoms with Crippen LogP contribution in [0.1, 0.15) is 25.7 Å². The van der Waals surface area contributed by atoms with Crippen LogP contribution in [0.3, 0.4) is 0 Å². The Labute approximate surface area is 122 Å². The quantitative estimate of drug-likeness (QED) is 0.790. The van der Waals surface area contributed by atoms with Gasteiger partial charge >= 0.3 is 0 Å². The molecule has 1 amide bonds. The minimum Gasteiger partial charge on any atom is -0.491 e. The number of carbonyl (C=O) groups is 1. The van der Waals surface area contributed by atoms with Crippen molar-refractivity contribution in [1.29, 1.82) is 0 Å². The van der Waals surface area contributed by atoms with E-state index < -0.39 is 11.6 Å².